The number of benzene rings is 8. The van der Waals surface area contributed by atoms with Gasteiger partial charge in [-0.15, -0.1) is 0 Å². The van der Waals surface area contributed by atoms with Crippen molar-refractivity contribution in [2.75, 3.05) is 0 Å². The van der Waals surface area contributed by atoms with Crippen LogP contribution in [0.2, 0.25) is 0 Å². The Balaban J connectivity index is 1.01. The summed E-state index contributed by atoms with van der Waals surface area (Å²) in [5.74, 6) is 1.72. The number of para-hydroxylation sites is 4. The number of furan rings is 2. The molecule has 6 heteroatoms. The van der Waals surface area contributed by atoms with Gasteiger partial charge < -0.3 is 8.83 Å². The molecule has 0 spiro atoms. The molecular weight excluding hydrogens is 713 g/mol. The van der Waals surface area contributed by atoms with Gasteiger partial charge in [-0.1, -0.05) is 152 Å². The van der Waals surface area contributed by atoms with Crippen molar-refractivity contribution in [3.8, 4) is 56.5 Å². The van der Waals surface area contributed by atoms with Crippen molar-refractivity contribution in [2.24, 2.45) is 0 Å². The Hall–Kier alpha value is -7.96. The number of rotatable bonds is 5. The van der Waals surface area contributed by atoms with E-state index in [2.05, 4.69) is 109 Å². The van der Waals surface area contributed by atoms with Crippen LogP contribution in [0.4, 0.5) is 0 Å². The number of hydrogen-bond donors (Lipinski definition) is 0. The van der Waals surface area contributed by atoms with Gasteiger partial charge in [-0.2, -0.15) is 0 Å². The van der Waals surface area contributed by atoms with E-state index in [0.29, 0.717) is 17.5 Å². The average Bonchev–Trinajstić information content (AvgIpc) is 3.88. The number of fused-ring (bicyclic) bond motifs is 10. The molecule has 0 radical (unpaired) electrons. The fourth-order valence-corrected chi connectivity index (χ4v) is 8.44. The molecule has 4 heterocycles. The fourth-order valence-electron chi connectivity index (χ4n) is 8.44. The number of pyridine rings is 1. The first kappa shape index (κ1) is 32.3. The van der Waals surface area contributed by atoms with E-state index in [0.717, 1.165) is 105 Å². The standard InChI is InChI=1S/C52H30N4O2/c1-3-13-32(14-4-1)47-39-29-30-44-46(45(39)38-18-7-9-23-42(38)53-47)40-21-11-19-35(48(40)58-44)31-25-27-34(28-26-31)51-54-50(33-15-5-2-6-16-33)55-52(56-51)41-22-12-20-37-36-17-8-10-24-43(36)57-49(37)41/h1-30H. The molecule has 0 aliphatic rings. The zero-order chi connectivity index (χ0) is 38.2. The Morgan fingerprint density at radius 1 is 0.293 bits per heavy atom. The average molecular weight is 743 g/mol. The molecule has 0 atom stereocenters. The van der Waals surface area contributed by atoms with Crippen molar-refractivity contribution in [1.82, 2.24) is 19.9 Å². The van der Waals surface area contributed by atoms with Gasteiger partial charge in [0, 0.05) is 60.0 Å². The second kappa shape index (κ2) is 12.8. The summed E-state index contributed by atoms with van der Waals surface area (Å²) in [5, 5.41) is 7.57. The van der Waals surface area contributed by atoms with Crippen LogP contribution in [0, 0.1) is 0 Å². The molecule has 4 aromatic heterocycles. The van der Waals surface area contributed by atoms with Gasteiger partial charge >= 0.3 is 0 Å². The highest BCUT2D eigenvalue weighted by Gasteiger charge is 2.21. The highest BCUT2D eigenvalue weighted by atomic mass is 16.3. The van der Waals surface area contributed by atoms with Crippen molar-refractivity contribution in [2.45, 2.75) is 0 Å². The van der Waals surface area contributed by atoms with E-state index >= 15 is 0 Å². The highest BCUT2D eigenvalue weighted by Crippen LogP contribution is 2.44. The van der Waals surface area contributed by atoms with E-state index in [1.807, 2.05) is 72.8 Å². The molecule has 12 rings (SSSR count). The largest absolute Gasteiger partial charge is 0.455 e. The first-order chi connectivity index (χ1) is 28.7. The normalized spacial score (nSPS) is 11.8. The second-order valence-electron chi connectivity index (χ2n) is 14.5. The van der Waals surface area contributed by atoms with Crippen molar-refractivity contribution in [3.63, 3.8) is 0 Å². The Kier molecular flexibility index (Phi) is 7.13. The molecular formula is C52H30N4O2. The van der Waals surface area contributed by atoms with Gasteiger partial charge in [0.2, 0.25) is 0 Å². The maximum atomic E-state index is 6.78. The molecule has 12 aromatic rings. The molecule has 0 bridgehead atoms. The van der Waals surface area contributed by atoms with Crippen LogP contribution in [0.5, 0.6) is 0 Å². The van der Waals surface area contributed by atoms with E-state index < -0.39 is 0 Å². The lowest BCUT2D eigenvalue weighted by molar-refractivity contribution is 0.669. The van der Waals surface area contributed by atoms with Gasteiger partial charge in [0.05, 0.1) is 16.8 Å². The number of hydrogen-bond acceptors (Lipinski definition) is 6. The fraction of sp³-hybridized carbons (Fsp3) is 0. The number of aromatic nitrogens is 4. The third-order valence-electron chi connectivity index (χ3n) is 11.1. The molecule has 0 N–H and O–H groups in total. The summed E-state index contributed by atoms with van der Waals surface area (Å²) >= 11 is 0. The van der Waals surface area contributed by atoms with Gasteiger partial charge in [-0.25, -0.2) is 19.9 Å². The van der Waals surface area contributed by atoms with Crippen LogP contribution in [-0.2, 0) is 0 Å². The predicted octanol–water partition coefficient (Wildman–Crippen LogP) is 13.7. The van der Waals surface area contributed by atoms with Crippen molar-refractivity contribution in [1.29, 1.82) is 0 Å². The Morgan fingerprint density at radius 2 is 0.862 bits per heavy atom. The van der Waals surface area contributed by atoms with Crippen LogP contribution in [0.15, 0.2) is 191 Å². The zero-order valence-electron chi connectivity index (χ0n) is 30.9. The summed E-state index contributed by atoms with van der Waals surface area (Å²) in [6.07, 6.45) is 0. The van der Waals surface area contributed by atoms with Crippen molar-refractivity contribution < 1.29 is 8.83 Å². The van der Waals surface area contributed by atoms with Gasteiger partial charge in [-0.05, 0) is 35.9 Å². The third-order valence-corrected chi connectivity index (χ3v) is 11.1. The molecule has 0 unspecified atom stereocenters. The van der Waals surface area contributed by atoms with Crippen LogP contribution < -0.4 is 0 Å². The summed E-state index contributed by atoms with van der Waals surface area (Å²) in [5.41, 5.74) is 10.9. The monoisotopic (exact) mass is 742 g/mol. The highest BCUT2D eigenvalue weighted by molar-refractivity contribution is 6.29. The smallest absolute Gasteiger partial charge is 0.167 e. The van der Waals surface area contributed by atoms with Gasteiger partial charge in [0.1, 0.15) is 22.3 Å². The molecule has 0 fully saturated rings. The molecule has 270 valence electrons. The summed E-state index contributed by atoms with van der Waals surface area (Å²) in [6.45, 7) is 0. The summed E-state index contributed by atoms with van der Waals surface area (Å²) in [7, 11) is 0. The van der Waals surface area contributed by atoms with E-state index in [-0.39, 0.29) is 0 Å². The van der Waals surface area contributed by atoms with Crippen LogP contribution in [0.3, 0.4) is 0 Å². The minimum absolute atomic E-state index is 0.551. The van der Waals surface area contributed by atoms with Crippen molar-refractivity contribution >= 4 is 65.6 Å². The van der Waals surface area contributed by atoms with Crippen LogP contribution in [0.25, 0.3) is 122 Å². The maximum Gasteiger partial charge on any atom is 0.167 e. The number of nitrogens with zero attached hydrogens (tertiary/aromatic N) is 4. The van der Waals surface area contributed by atoms with E-state index in [1.165, 1.54) is 0 Å². The molecule has 0 amide bonds. The SMILES string of the molecule is c1ccc(-c2nc(-c3ccc(-c4cccc5c4oc4ccc6c(-c7ccccc7)nc7ccccc7c6c45)cc3)nc(-c3cccc4c3oc3ccccc34)n2)cc1. The minimum atomic E-state index is 0.551. The molecule has 0 saturated carbocycles. The summed E-state index contributed by atoms with van der Waals surface area (Å²) in [4.78, 5) is 20.3. The molecule has 58 heavy (non-hydrogen) atoms. The van der Waals surface area contributed by atoms with Gasteiger partial charge in [0.15, 0.2) is 17.5 Å². The molecule has 0 aliphatic carbocycles. The minimum Gasteiger partial charge on any atom is -0.455 e. The first-order valence-electron chi connectivity index (χ1n) is 19.3. The topological polar surface area (TPSA) is 77.8 Å². The quantitative estimate of drug-likeness (QED) is 0.163. The first-order valence-corrected chi connectivity index (χ1v) is 19.3. The molecule has 6 nitrogen and oxygen atoms in total. The lowest BCUT2D eigenvalue weighted by atomic mass is 9.95. The van der Waals surface area contributed by atoms with Crippen LogP contribution in [0.1, 0.15) is 0 Å². The second-order valence-corrected chi connectivity index (χ2v) is 14.5. The Bertz CT molecular complexity index is 3560. The van der Waals surface area contributed by atoms with Crippen molar-refractivity contribution in [3.05, 3.63) is 182 Å². The van der Waals surface area contributed by atoms with Gasteiger partial charge in [0.25, 0.3) is 0 Å². The van der Waals surface area contributed by atoms with E-state index in [4.69, 9.17) is 28.8 Å². The lowest BCUT2D eigenvalue weighted by Gasteiger charge is -2.11. The van der Waals surface area contributed by atoms with Crippen LogP contribution in [-0.4, -0.2) is 19.9 Å². The Labute approximate surface area is 331 Å². The zero-order valence-corrected chi connectivity index (χ0v) is 30.9. The third kappa shape index (κ3) is 5.05. The molecule has 0 aliphatic heterocycles. The van der Waals surface area contributed by atoms with Crippen LogP contribution >= 0.6 is 0 Å². The van der Waals surface area contributed by atoms with E-state index in [1.54, 1.807) is 0 Å². The summed E-state index contributed by atoms with van der Waals surface area (Å²) in [6, 6.07) is 62.0. The van der Waals surface area contributed by atoms with Gasteiger partial charge in [-0.3, -0.25) is 0 Å². The molecule has 0 saturated heterocycles. The predicted molar refractivity (Wildman–Crippen MR) is 234 cm³/mol. The molecule has 8 aromatic carbocycles. The maximum absolute atomic E-state index is 6.78. The summed E-state index contributed by atoms with van der Waals surface area (Å²) < 4.78 is 13.2. The van der Waals surface area contributed by atoms with E-state index in [9.17, 15) is 0 Å². The Morgan fingerprint density at radius 3 is 1.66 bits per heavy atom. The lowest BCUT2D eigenvalue weighted by Crippen LogP contribution is -2.00.